The van der Waals surface area contributed by atoms with Crippen molar-refractivity contribution in [2.75, 3.05) is 27.4 Å². The van der Waals surface area contributed by atoms with E-state index in [1.165, 1.54) is 0 Å². The van der Waals surface area contributed by atoms with Crippen molar-refractivity contribution in [3.63, 3.8) is 0 Å². The van der Waals surface area contributed by atoms with Gasteiger partial charge in [-0.2, -0.15) is 0 Å². The zero-order valence-electron chi connectivity index (χ0n) is 13.6. The Hall–Kier alpha value is -2.69. The fourth-order valence-corrected chi connectivity index (χ4v) is 2.10. The normalized spacial score (nSPS) is 10.0. The maximum absolute atomic E-state index is 12.2. The number of amides is 1. The van der Waals surface area contributed by atoms with Crippen LogP contribution in [0.3, 0.4) is 0 Å². The Morgan fingerprint density at radius 1 is 1.00 bits per heavy atom. The molecule has 1 amide bonds. The van der Waals surface area contributed by atoms with Gasteiger partial charge < -0.3 is 19.5 Å². The first-order valence-corrected chi connectivity index (χ1v) is 7.33. The van der Waals surface area contributed by atoms with Crippen molar-refractivity contribution < 1.29 is 19.0 Å². The van der Waals surface area contributed by atoms with Gasteiger partial charge in [-0.25, -0.2) is 0 Å². The molecular weight excluding hydrogens is 294 g/mol. The van der Waals surface area contributed by atoms with Gasteiger partial charge in [0.2, 0.25) is 0 Å². The van der Waals surface area contributed by atoms with Gasteiger partial charge in [-0.1, -0.05) is 11.6 Å². The molecule has 1 N–H and O–H groups in total. The fourth-order valence-electron chi connectivity index (χ4n) is 2.10. The van der Waals surface area contributed by atoms with Gasteiger partial charge in [0.05, 0.1) is 26.3 Å². The highest BCUT2D eigenvalue weighted by Gasteiger charge is 2.11. The van der Waals surface area contributed by atoms with E-state index in [4.69, 9.17) is 14.2 Å². The van der Waals surface area contributed by atoms with Crippen LogP contribution in [0.25, 0.3) is 0 Å². The third-order valence-electron chi connectivity index (χ3n) is 3.32. The number of hydrogen-bond acceptors (Lipinski definition) is 4. The Bertz CT molecular complexity index is 653. The summed E-state index contributed by atoms with van der Waals surface area (Å²) in [7, 11) is 3.17. The Morgan fingerprint density at radius 2 is 1.70 bits per heavy atom. The number of carbonyl (C=O) groups excluding carboxylic acids is 1. The minimum atomic E-state index is -0.177. The molecule has 5 heteroatoms. The highest BCUT2D eigenvalue weighted by Crippen LogP contribution is 2.19. The Morgan fingerprint density at radius 3 is 2.35 bits per heavy atom. The summed E-state index contributed by atoms with van der Waals surface area (Å²) in [5.74, 6) is 1.89. The van der Waals surface area contributed by atoms with Gasteiger partial charge in [0, 0.05) is 0 Å². The largest absolute Gasteiger partial charge is 0.497 e. The second kappa shape index (κ2) is 8.08. The van der Waals surface area contributed by atoms with Crippen LogP contribution < -0.4 is 19.5 Å². The summed E-state index contributed by atoms with van der Waals surface area (Å²) in [5, 5.41) is 2.83. The number of hydrogen-bond donors (Lipinski definition) is 1. The molecule has 0 unspecified atom stereocenters. The SMILES string of the molecule is COc1ccc(OCCNC(=O)c2cc(C)ccc2OC)cc1. The van der Waals surface area contributed by atoms with E-state index in [0.29, 0.717) is 24.5 Å². The van der Waals surface area contributed by atoms with Crippen molar-refractivity contribution in [3.8, 4) is 17.2 Å². The molecule has 0 radical (unpaired) electrons. The van der Waals surface area contributed by atoms with Crippen molar-refractivity contribution in [3.05, 3.63) is 53.6 Å². The molecule has 0 aliphatic carbocycles. The lowest BCUT2D eigenvalue weighted by Gasteiger charge is -2.11. The molecule has 0 aliphatic rings. The second-order valence-electron chi connectivity index (χ2n) is 4.98. The second-order valence-corrected chi connectivity index (χ2v) is 4.98. The molecule has 0 aliphatic heterocycles. The zero-order chi connectivity index (χ0) is 16.7. The molecule has 0 saturated carbocycles. The Labute approximate surface area is 136 Å². The molecule has 5 nitrogen and oxygen atoms in total. The molecule has 0 fully saturated rings. The van der Waals surface area contributed by atoms with Crippen LogP contribution in [0.5, 0.6) is 17.2 Å². The van der Waals surface area contributed by atoms with E-state index >= 15 is 0 Å². The van der Waals surface area contributed by atoms with Gasteiger partial charge in [0.15, 0.2) is 0 Å². The molecule has 2 aromatic rings. The van der Waals surface area contributed by atoms with Crippen molar-refractivity contribution in [1.82, 2.24) is 5.32 Å². The molecule has 23 heavy (non-hydrogen) atoms. The first-order valence-electron chi connectivity index (χ1n) is 7.33. The minimum Gasteiger partial charge on any atom is -0.497 e. The smallest absolute Gasteiger partial charge is 0.255 e. The molecule has 2 aromatic carbocycles. The van der Waals surface area contributed by atoms with Crippen LogP contribution in [0.1, 0.15) is 15.9 Å². The summed E-state index contributed by atoms with van der Waals surface area (Å²) in [6.07, 6.45) is 0. The standard InChI is InChI=1S/C18H21NO4/c1-13-4-9-17(22-3)16(12-13)18(20)19-10-11-23-15-7-5-14(21-2)6-8-15/h4-9,12H,10-11H2,1-3H3,(H,19,20). The van der Waals surface area contributed by atoms with E-state index in [2.05, 4.69) is 5.32 Å². The lowest BCUT2D eigenvalue weighted by atomic mass is 10.1. The van der Waals surface area contributed by atoms with Crippen LogP contribution in [0, 0.1) is 6.92 Å². The highest BCUT2D eigenvalue weighted by atomic mass is 16.5. The van der Waals surface area contributed by atoms with Gasteiger partial charge in [0.25, 0.3) is 5.91 Å². The van der Waals surface area contributed by atoms with E-state index in [1.54, 1.807) is 26.4 Å². The van der Waals surface area contributed by atoms with Gasteiger partial charge in [0.1, 0.15) is 23.9 Å². The van der Waals surface area contributed by atoms with Crippen LogP contribution >= 0.6 is 0 Å². The quantitative estimate of drug-likeness (QED) is 0.798. The summed E-state index contributed by atoms with van der Waals surface area (Å²) in [5.41, 5.74) is 1.53. The van der Waals surface area contributed by atoms with Crippen molar-refractivity contribution >= 4 is 5.91 Å². The van der Waals surface area contributed by atoms with Crippen molar-refractivity contribution in [2.24, 2.45) is 0 Å². The van der Waals surface area contributed by atoms with Crippen LogP contribution in [0.4, 0.5) is 0 Å². The van der Waals surface area contributed by atoms with Crippen LogP contribution in [-0.2, 0) is 0 Å². The lowest BCUT2D eigenvalue weighted by Crippen LogP contribution is -2.28. The topological polar surface area (TPSA) is 56.8 Å². The van der Waals surface area contributed by atoms with E-state index < -0.39 is 0 Å². The van der Waals surface area contributed by atoms with E-state index in [1.807, 2.05) is 37.3 Å². The van der Waals surface area contributed by atoms with Gasteiger partial charge >= 0.3 is 0 Å². The number of benzene rings is 2. The van der Waals surface area contributed by atoms with E-state index in [0.717, 1.165) is 17.1 Å². The summed E-state index contributed by atoms with van der Waals surface area (Å²) < 4.78 is 15.9. The number of nitrogens with one attached hydrogen (secondary N) is 1. The fraction of sp³-hybridized carbons (Fsp3) is 0.278. The summed E-state index contributed by atoms with van der Waals surface area (Å²) in [6, 6.07) is 12.8. The van der Waals surface area contributed by atoms with Crippen molar-refractivity contribution in [2.45, 2.75) is 6.92 Å². The van der Waals surface area contributed by atoms with Crippen LogP contribution in [0.2, 0.25) is 0 Å². The number of carbonyl (C=O) groups is 1. The first kappa shape index (κ1) is 16.7. The van der Waals surface area contributed by atoms with Crippen LogP contribution in [0.15, 0.2) is 42.5 Å². The predicted molar refractivity (Wildman–Crippen MR) is 88.6 cm³/mol. The van der Waals surface area contributed by atoms with Crippen molar-refractivity contribution in [1.29, 1.82) is 0 Å². The molecule has 0 heterocycles. The predicted octanol–water partition coefficient (Wildman–Crippen LogP) is 2.82. The molecule has 122 valence electrons. The molecular formula is C18H21NO4. The average molecular weight is 315 g/mol. The molecule has 0 bridgehead atoms. The first-order chi connectivity index (χ1) is 11.1. The van der Waals surface area contributed by atoms with E-state index in [9.17, 15) is 4.79 Å². The number of methoxy groups -OCH3 is 2. The number of rotatable bonds is 7. The monoisotopic (exact) mass is 315 g/mol. The van der Waals surface area contributed by atoms with Gasteiger partial charge in [-0.15, -0.1) is 0 Å². The number of aryl methyl sites for hydroxylation is 1. The maximum atomic E-state index is 12.2. The van der Waals surface area contributed by atoms with E-state index in [-0.39, 0.29) is 5.91 Å². The summed E-state index contributed by atoms with van der Waals surface area (Å²) in [4.78, 5) is 12.2. The molecule has 0 atom stereocenters. The maximum Gasteiger partial charge on any atom is 0.255 e. The Kier molecular flexibility index (Phi) is 5.86. The average Bonchev–Trinajstić information content (AvgIpc) is 2.59. The summed E-state index contributed by atoms with van der Waals surface area (Å²) in [6.45, 7) is 2.72. The number of ether oxygens (including phenoxy) is 3. The highest BCUT2D eigenvalue weighted by molar-refractivity contribution is 5.97. The molecule has 2 rings (SSSR count). The van der Waals surface area contributed by atoms with Gasteiger partial charge in [-0.05, 0) is 43.3 Å². The summed E-state index contributed by atoms with van der Waals surface area (Å²) >= 11 is 0. The lowest BCUT2D eigenvalue weighted by molar-refractivity contribution is 0.0944. The molecule has 0 aromatic heterocycles. The van der Waals surface area contributed by atoms with Crippen LogP contribution in [-0.4, -0.2) is 33.3 Å². The minimum absolute atomic E-state index is 0.177. The third kappa shape index (κ3) is 4.64. The van der Waals surface area contributed by atoms with Gasteiger partial charge in [-0.3, -0.25) is 4.79 Å². The molecule has 0 saturated heterocycles. The zero-order valence-corrected chi connectivity index (χ0v) is 13.6. The third-order valence-corrected chi connectivity index (χ3v) is 3.32. The molecule has 0 spiro atoms. The Balaban J connectivity index is 1.83.